The second-order valence-corrected chi connectivity index (χ2v) is 9.06. The van der Waals surface area contributed by atoms with Gasteiger partial charge in [0.1, 0.15) is 22.4 Å². The van der Waals surface area contributed by atoms with Gasteiger partial charge in [0, 0.05) is 10.7 Å². The first-order valence-electron chi connectivity index (χ1n) is 10.2. The predicted molar refractivity (Wildman–Crippen MR) is 128 cm³/mol. The minimum Gasteiger partial charge on any atom is -0.467 e. The van der Waals surface area contributed by atoms with Crippen molar-refractivity contribution in [2.24, 2.45) is 0 Å². The Hall–Kier alpha value is -3.47. The fraction of sp³-hybridized carbons (Fsp3) is 0.160. The van der Waals surface area contributed by atoms with Gasteiger partial charge in [0.05, 0.1) is 18.1 Å². The van der Waals surface area contributed by atoms with Crippen molar-refractivity contribution in [3.63, 3.8) is 0 Å². The molecular weight excluding hydrogens is 458 g/mol. The van der Waals surface area contributed by atoms with Gasteiger partial charge in [0.2, 0.25) is 5.91 Å². The smallest absolute Gasteiger partial charge is 0.265 e. The van der Waals surface area contributed by atoms with Gasteiger partial charge < -0.3 is 9.73 Å². The SMILES string of the molecule is Cc1ccc(N2C(=O)C(Cc3ccccc3Cl)SC2=C(C#N)C(=O)NCc2ccco2)cc1. The van der Waals surface area contributed by atoms with Crippen LogP contribution in [0.3, 0.4) is 0 Å². The number of carbonyl (C=O) groups is 2. The van der Waals surface area contributed by atoms with Gasteiger partial charge in [-0.25, -0.2) is 0 Å². The van der Waals surface area contributed by atoms with E-state index in [0.29, 0.717) is 27.9 Å². The molecule has 0 aliphatic carbocycles. The highest BCUT2D eigenvalue weighted by Gasteiger charge is 2.41. The van der Waals surface area contributed by atoms with E-state index in [1.807, 2.05) is 43.3 Å². The second kappa shape index (κ2) is 9.99. The molecule has 0 spiro atoms. The molecule has 1 N–H and O–H groups in total. The minimum atomic E-state index is -0.570. The minimum absolute atomic E-state index is 0.123. The Balaban J connectivity index is 1.69. The molecule has 8 heteroatoms. The Morgan fingerprint density at radius 3 is 2.61 bits per heavy atom. The standard InChI is InChI=1S/C25H20ClN3O3S/c1-16-8-10-18(11-9-16)29-24(31)22(13-17-5-2-3-7-21(17)26)33-25(29)20(14-27)23(30)28-15-19-6-4-12-32-19/h2-12,22H,13,15H2,1H3,(H,28,30). The molecule has 1 aliphatic rings. The number of halogens is 1. The first-order chi connectivity index (χ1) is 16.0. The molecule has 166 valence electrons. The van der Waals surface area contributed by atoms with Gasteiger partial charge in [-0.2, -0.15) is 5.26 Å². The fourth-order valence-corrected chi connectivity index (χ4v) is 4.96. The number of thioether (sulfide) groups is 1. The van der Waals surface area contributed by atoms with Crippen molar-refractivity contribution in [1.82, 2.24) is 5.32 Å². The quantitative estimate of drug-likeness (QED) is 0.399. The van der Waals surface area contributed by atoms with Crippen molar-refractivity contribution in [3.05, 3.63) is 99.4 Å². The zero-order valence-corrected chi connectivity index (χ0v) is 19.3. The van der Waals surface area contributed by atoms with Gasteiger partial charge in [0.15, 0.2) is 0 Å². The number of nitrogens with zero attached hydrogens (tertiary/aromatic N) is 2. The lowest BCUT2D eigenvalue weighted by Gasteiger charge is -2.19. The van der Waals surface area contributed by atoms with Crippen LogP contribution in [0, 0.1) is 18.3 Å². The van der Waals surface area contributed by atoms with Crippen molar-refractivity contribution in [2.45, 2.75) is 25.1 Å². The number of furan rings is 1. The molecule has 6 nitrogen and oxygen atoms in total. The molecule has 2 heterocycles. The molecule has 1 aromatic heterocycles. The van der Waals surface area contributed by atoms with Crippen molar-refractivity contribution in [3.8, 4) is 6.07 Å². The van der Waals surface area contributed by atoms with Crippen LogP contribution in [0.5, 0.6) is 0 Å². The summed E-state index contributed by atoms with van der Waals surface area (Å²) in [5.74, 6) is -0.210. The molecule has 1 saturated heterocycles. The van der Waals surface area contributed by atoms with E-state index in [1.165, 1.54) is 22.9 Å². The Labute approximate surface area is 200 Å². The van der Waals surface area contributed by atoms with Crippen LogP contribution in [0.4, 0.5) is 5.69 Å². The number of nitrogens with one attached hydrogen (secondary N) is 1. The number of hydrogen-bond donors (Lipinski definition) is 1. The van der Waals surface area contributed by atoms with Crippen LogP contribution >= 0.6 is 23.4 Å². The van der Waals surface area contributed by atoms with Crippen LogP contribution in [0.2, 0.25) is 5.02 Å². The number of anilines is 1. The number of amides is 2. The van der Waals surface area contributed by atoms with Gasteiger partial charge >= 0.3 is 0 Å². The van der Waals surface area contributed by atoms with E-state index in [-0.39, 0.29) is 18.0 Å². The third-order valence-electron chi connectivity index (χ3n) is 5.16. The molecule has 2 amide bonds. The highest BCUT2D eigenvalue weighted by molar-refractivity contribution is 8.05. The molecule has 1 fully saturated rings. The topological polar surface area (TPSA) is 86.3 Å². The molecule has 1 atom stereocenters. The summed E-state index contributed by atoms with van der Waals surface area (Å²) in [5.41, 5.74) is 2.34. The number of benzene rings is 2. The van der Waals surface area contributed by atoms with Gasteiger partial charge in [-0.3, -0.25) is 14.5 Å². The normalized spacial score (nSPS) is 17.1. The van der Waals surface area contributed by atoms with Crippen molar-refractivity contribution < 1.29 is 14.0 Å². The number of aryl methyl sites for hydroxylation is 1. The Morgan fingerprint density at radius 2 is 1.94 bits per heavy atom. The van der Waals surface area contributed by atoms with Crippen molar-refractivity contribution in [1.29, 1.82) is 5.26 Å². The highest BCUT2D eigenvalue weighted by Crippen LogP contribution is 2.42. The number of nitriles is 1. The van der Waals surface area contributed by atoms with E-state index < -0.39 is 11.2 Å². The summed E-state index contributed by atoms with van der Waals surface area (Å²) >= 11 is 7.52. The molecule has 1 unspecified atom stereocenters. The van der Waals surface area contributed by atoms with E-state index in [1.54, 1.807) is 30.3 Å². The Bertz CT molecular complexity index is 1250. The summed E-state index contributed by atoms with van der Waals surface area (Å²) < 4.78 is 5.24. The highest BCUT2D eigenvalue weighted by atomic mass is 35.5. The summed E-state index contributed by atoms with van der Waals surface area (Å²) in [4.78, 5) is 27.8. The largest absolute Gasteiger partial charge is 0.467 e. The maximum absolute atomic E-state index is 13.5. The van der Waals surface area contributed by atoms with Crippen LogP contribution in [0.1, 0.15) is 16.9 Å². The van der Waals surface area contributed by atoms with Crippen LogP contribution in [-0.2, 0) is 22.6 Å². The zero-order valence-electron chi connectivity index (χ0n) is 17.7. The third-order valence-corrected chi connectivity index (χ3v) is 6.80. The number of carbonyl (C=O) groups excluding carboxylic acids is 2. The summed E-state index contributed by atoms with van der Waals surface area (Å²) in [5, 5.41) is 12.9. The average molecular weight is 478 g/mol. The van der Waals surface area contributed by atoms with E-state index in [4.69, 9.17) is 16.0 Å². The van der Waals surface area contributed by atoms with E-state index >= 15 is 0 Å². The molecule has 0 saturated carbocycles. The number of rotatable bonds is 6. The van der Waals surface area contributed by atoms with E-state index in [0.717, 1.165) is 11.1 Å². The fourth-order valence-electron chi connectivity index (χ4n) is 3.45. The Kier molecular flexibility index (Phi) is 6.87. The van der Waals surface area contributed by atoms with Gasteiger partial charge in [-0.1, -0.05) is 59.3 Å². The lowest BCUT2D eigenvalue weighted by Crippen LogP contribution is -2.32. The molecule has 0 bridgehead atoms. The molecule has 33 heavy (non-hydrogen) atoms. The summed E-state index contributed by atoms with van der Waals surface area (Å²) in [7, 11) is 0. The molecule has 2 aromatic carbocycles. The number of hydrogen-bond acceptors (Lipinski definition) is 5. The lowest BCUT2D eigenvalue weighted by molar-refractivity contribution is -0.117. The van der Waals surface area contributed by atoms with Crippen LogP contribution < -0.4 is 10.2 Å². The van der Waals surface area contributed by atoms with Gasteiger partial charge in [-0.05, 0) is 49.2 Å². The second-order valence-electron chi connectivity index (χ2n) is 7.47. The van der Waals surface area contributed by atoms with Crippen LogP contribution in [0.15, 0.2) is 81.9 Å². The molecule has 3 aromatic rings. The third kappa shape index (κ3) is 4.98. The van der Waals surface area contributed by atoms with Crippen LogP contribution in [-0.4, -0.2) is 17.1 Å². The average Bonchev–Trinajstić information content (AvgIpc) is 3.44. The zero-order chi connectivity index (χ0) is 23.4. The maximum Gasteiger partial charge on any atom is 0.265 e. The predicted octanol–water partition coefficient (Wildman–Crippen LogP) is 4.98. The van der Waals surface area contributed by atoms with Crippen molar-refractivity contribution >= 4 is 40.9 Å². The van der Waals surface area contributed by atoms with E-state index in [9.17, 15) is 14.9 Å². The summed E-state index contributed by atoms with van der Waals surface area (Å²) in [6, 6.07) is 20.2. The molecule has 4 rings (SSSR count). The first kappa shape index (κ1) is 22.7. The lowest BCUT2D eigenvalue weighted by atomic mass is 10.1. The van der Waals surface area contributed by atoms with Gasteiger partial charge in [0.25, 0.3) is 5.91 Å². The first-order valence-corrected chi connectivity index (χ1v) is 11.5. The Morgan fingerprint density at radius 1 is 1.18 bits per heavy atom. The maximum atomic E-state index is 13.5. The van der Waals surface area contributed by atoms with Crippen molar-refractivity contribution in [2.75, 3.05) is 4.90 Å². The summed E-state index contributed by atoms with van der Waals surface area (Å²) in [6.07, 6.45) is 1.89. The molecule has 1 aliphatic heterocycles. The van der Waals surface area contributed by atoms with Crippen LogP contribution in [0.25, 0.3) is 0 Å². The van der Waals surface area contributed by atoms with Gasteiger partial charge in [-0.15, -0.1) is 0 Å². The molecule has 0 radical (unpaired) electrons. The van der Waals surface area contributed by atoms with E-state index in [2.05, 4.69) is 5.32 Å². The summed E-state index contributed by atoms with van der Waals surface area (Å²) in [6.45, 7) is 2.08. The molecular formula is C25H20ClN3O3S. The monoisotopic (exact) mass is 477 g/mol.